The molecule has 0 bridgehead atoms. The first-order chi connectivity index (χ1) is 11.0. The molecule has 0 unspecified atom stereocenters. The van der Waals surface area contributed by atoms with Gasteiger partial charge in [0.15, 0.2) is 11.5 Å². The van der Waals surface area contributed by atoms with Gasteiger partial charge >= 0.3 is 0 Å². The second kappa shape index (κ2) is 6.67. The summed E-state index contributed by atoms with van der Waals surface area (Å²) >= 11 is 6.07. The van der Waals surface area contributed by atoms with Gasteiger partial charge in [0.05, 0.1) is 11.6 Å². The van der Waals surface area contributed by atoms with E-state index in [2.05, 4.69) is 20.1 Å². The Hall–Kier alpha value is -1.93. The van der Waals surface area contributed by atoms with Crippen LogP contribution in [0.1, 0.15) is 28.6 Å². The van der Waals surface area contributed by atoms with Crippen LogP contribution in [-0.4, -0.2) is 61.8 Å². The molecule has 0 atom stereocenters. The van der Waals surface area contributed by atoms with Crippen LogP contribution in [0.15, 0.2) is 10.7 Å². The first kappa shape index (κ1) is 15.9. The van der Waals surface area contributed by atoms with Crippen molar-refractivity contribution in [2.75, 3.05) is 26.2 Å². The number of hydrogen-bond donors (Lipinski definition) is 0. The third-order valence-electron chi connectivity index (χ3n) is 3.80. The molecule has 1 aliphatic rings. The van der Waals surface area contributed by atoms with Gasteiger partial charge in [-0.15, -0.1) is 0 Å². The molecule has 0 spiro atoms. The van der Waals surface area contributed by atoms with E-state index in [-0.39, 0.29) is 5.91 Å². The van der Waals surface area contributed by atoms with Gasteiger partial charge in [-0.05, 0) is 6.42 Å². The van der Waals surface area contributed by atoms with Gasteiger partial charge in [-0.2, -0.15) is 10.1 Å². The van der Waals surface area contributed by atoms with Crippen molar-refractivity contribution in [1.82, 2.24) is 29.7 Å². The van der Waals surface area contributed by atoms with E-state index < -0.39 is 0 Å². The van der Waals surface area contributed by atoms with Crippen molar-refractivity contribution in [3.63, 3.8) is 0 Å². The number of rotatable bonds is 3. The second-order valence-electron chi connectivity index (χ2n) is 5.65. The van der Waals surface area contributed by atoms with Crippen molar-refractivity contribution in [3.8, 4) is 0 Å². The van der Waals surface area contributed by atoms with Crippen molar-refractivity contribution in [3.05, 3.63) is 28.6 Å². The van der Waals surface area contributed by atoms with Crippen LogP contribution in [0.25, 0.3) is 0 Å². The van der Waals surface area contributed by atoms with E-state index in [0.717, 1.165) is 19.5 Å². The summed E-state index contributed by atoms with van der Waals surface area (Å²) in [5.74, 6) is 1.12. The Morgan fingerprint density at radius 1 is 1.35 bits per heavy atom. The van der Waals surface area contributed by atoms with Gasteiger partial charge < -0.3 is 9.42 Å². The molecule has 23 heavy (non-hydrogen) atoms. The lowest BCUT2D eigenvalue weighted by Gasteiger charge is -2.20. The molecule has 2 aromatic rings. The Labute approximate surface area is 139 Å². The van der Waals surface area contributed by atoms with Gasteiger partial charge in [-0.3, -0.25) is 14.4 Å². The van der Waals surface area contributed by atoms with E-state index in [9.17, 15) is 4.79 Å². The number of halogens is 1. The quantitative estimate of drug-likeness (QED) is 0.834. The molecule has 1 aliphatic heterocycles. The smallest absolute Gasteiger partial charge is 0.275 e. The minimum atomic E-state index is -0.118. The van der Waals surface area contributed by atoms with Gasteiger partial charge in [-0.1, -0.05) is 16.8 Å². The molecule has 0 radical (unpaired) electrons. The summed E-state index contributed by atoms with van der Waals surface area (Å²) in [5.41, 5.74) is 0.316. The third-order valence-corrected chi connectivity index (χ3v) is 4.07. The van der Waals surface area contributed by atoms with Crippen LogP contribution >= 0.6 is 11.6 Å². The number of hydrogen-bond acceptors (Lipinski definition) is 6. The minimum absolute atomic E-state index is 0.118. The Morgan fingerprint density at radius 3 is 2.83 bits per heavy atom. The fourth-order valence-corrected chi connectivity index (χ4v) is 2.95. The summed E-state index contributed by atoms with van der Waals surface area (Å²) in [4.78, 5) is 20.8. The lowest BCUT2D eigenvalue weighted by molar-refractivity contribution is 0.0754. The van der Waals surface area contributed by atoms with Crippen molar-refractivity contribution in [2.45, 2.75) is 19.9 Å². The Balaban J connectivity index is 1.62. The maximum absolute atomic E-state index is 12.6. The fourth-order valence-electron chi connectivity index (χ4n) is 2.69. The van der Waals surface area contributed by atoms with Gasteiger partial charge in [0.25, 0.3) is 5.91 Å². The Morgan fingerprint density at radius 2 is 2.17 bits per heavy atom. The van der Waals surface area contributed by atoms with Crippen molar-refractivity contribution < 1.29 is 9.32 Å². The van der Waals surface area contributed by atoms with Crippen LogP contribution in [-0.2, 0) is 13.6 Å². The molecular weight excluding hydrogens is 320 g/mol. The lowest BCUT2D eigenvalue weighted by atomic mass is 10.3. The molecule has 0 aliphatic carbocycles. The summed E-state index contributed by atoms with van der Waals surface area (Å²) in [7, 11) is 1.75. The molecule has 1 saturated heterocycles. The van der Waals surface area contributed by atoms with Crippen LogP contribution < -0.4 is 0 Å². The highest BCUT2D eigenvalue weighted by Gasteiger charge is 2.24. The zero-order chi connectivity index (χ0) is 16.4. The predicted molar refractivity (Wildman–Crippen MR) is 83.1 cm³/mol. The highest BCUT2D eigenvalue weighted by atomic mass is 35.5. The molecule has 124 valence electrons. The van der Waals surface area contributed by atoms with Crippen molar-refractivity contribution in [1.29, 1.82) is 0 Å². The van der Waals surface area contributed by atoms with Crippen LogP contribution in [0.4, 0.5) is 0 Å². The maximum Gasteiger partial charge on any atom is 0.275 e. The standard InChI is InChI=1S/C14H19ClN6O2/c1-10-16-12(18-23-10)9-20-4-3-5-21(7-6-20)14(22)13-11(15)8-19(2)17-13/h8H,3-7,9H2,1-2H3. The first-order valence-corrected chi connectivity index (χ1v) is 7.90. The normalized spacial score (nSPS) is 16.6. The van der Waals surface area contributed by atoms with Gasteiger partial charge in [0.2, 0.25) is 5.89 Å². The van der Waals surface area contributed by atoms with E-state index in [0.29, 0.717) is 42.1 Å². The summed E-state index contributed by atoms with van der Waals surface area (Å²) in [6, 6.07) is 0. The number of carbonyl (C=O) groups excluding carboxylic acids is 1. The van der Waals surface area contributed by atoms with Crippen molar-refractivity contribution >= 4 is 17.5 Å². The summed E-state index contributed by atoms with van der Waals surface area (Å²) in [5, 5.41) is 8.46. The summed E-state index contributed by atoms with van der Waals surface area (Å²) < 4.78 is 6.55. The molecular formula is C14H19ClN6O2. The second-order valence-corrected chi connectivity index (χ2v) is 6.06. The summed E-state index contributed by atoms with van der Waals surface area (Å²) in [6.07, 6.45) is 2.52. The van der Waals surface area contributed by atoms with Gasteiger partial charge in [0, 0.05) is 46.3 Å². The molecule has 3 heterocycles. The predicted octanol–water partition coefficient (Wildman–Crippen LogP) is 1.11. The Kier molecular flexibility index (Phi) is 4.63. The topological polar surface area (TPSA) is 80.3 Å². The van der Waals surface area contributed by atoms with Crippen molar-refractivity contribution in [2.24, 2.45) is 7.05 Å². The van der Waals surface area contributed by atoms with E-state index in [1.165, 1.54) is 0 Å². The lowest BCUT2D eigenvalue weighted by Crippen LogP contribution is -2.35. The maximum atomic E-state index is 12.6. The van der Waals surface area contributed by atoms with Gasteiger partial charge in [0.1, 0.15) is 0 Å². The number of nitrogens with zero attached hydrogens (tertiary/aromatic N) is 6. The zero-order valence-electron chi connectivity index (χ0n) is 13.2. The molecule has 1 fully saturated rings. The molecule has 8 nitrogen and oxygen atoms in total. The number of amides is 1. The summed E-state index contributed by atoms with van der Waals surface area (Å²) in [6.45, 7) is 5.35. The molecule has 0 aromatic carbocycles. The zero-order valence-corrected chi connectivity index (χ0v) is 14.0. The highest BCUT2D eigenvalue weighted by molar-refractivity contribution is 6.33. The molecule has 9 heteroatoms. The van der Waals surface area contributed by atoms with Crippen LogP contribution in [0.3, 0.4) is 0 Å². The monoisotopic (exact) mass is 338 g/mol. The molecule has 0 N–H and O–H groups in total. The van der Waals surface area contributed by atoms with E-state index in [1.807, 2.05) is 0 Å². The van der Waals surface area contributed by atoms with Crippen LogP contribution in [0.2, 0.25) is 5.02 Å². The number of aromatic nitrogens is 4. The molecule has 0 saturated carbocycles. The largest absolute Gasteiger partial charge is 0.340 e. The SMILES string of the molecule is Cc1nc(CN2CCCN(C(=O)c3nn(C)cc3Cl)CC2)no1. The average Bonchev–Trinajstić information content (AvgIpc) is 2.96. The van der Waals surface area contributed by atoms with E-state index >= 15 is 0 Å². The average molecular weight is 339 g/mol. The third kappa shape index (κ3) is 3.70. The Bertz CT molecular complexity index is 697. The van der Waals surface area contributed by atoms with Crippen LogP contribution in [0.5, 0.6) is 0 Å². The number of aryl methyl sites for hydroxylation is 2. The molecule has 3 rings (SSSR count). The van der Waals surface area contributed by atoms with Gasteiger partial charge in [-0.25, -0.2) is 0 Å². The molecule has 1 amide bonds. The fraction of sp³-hybridized carbons (Fsp3) is 0.571. The van der Waals surface area contributed by atoms with E-state index in [4.69, 9.17) is 16.1 Å². The first-order valence-electron chi connectivity index (χ1n) is 7.53. The molecule has 2 aromatic heterocycles. The van der Waals surface area contributed by atoms with E-state index in [1.54, 1.807) is 29.7 Å². The minimum Gasteiger partial charge on any atom is -0.340 e. The van der Waals surface area contributed by atoms with Crippen LogP contribution in [0, 0.1) is 6.92 Å². The highest BCUT2D eigenvalue weighted by Crippen LogP contribution is 2.17. The number of carbonyl (C=O) groups is 1.